The second-order valence-corrected chi connectivity index (χ2v) is 7.01. The maximum atomic E-state index is 12.9. The third-order valence-electron chi connectivity index (χ3n) is 5.07. The van der Waals surface area contributed by atoms with E-state index in [4.69, 9.17) is 0 Å². The number of aryl methyl sites for hydroxylation is 1. The number of para-hydroxylation sites is 2. The molecule has 8 nitrogen and oxygen atoms in total. The van der Waals surface area contributed by atoms with Gasteiger partial charge in [0.05, 0.1) is 22.3 Å². The van der Waals surface area contributed by atoms with Crippen LogP contribution in [0, 0.1) is 6.92 Å². The number of hydrogen-bond acceptors (Lipinski definition) is 4. The van der Waals surface area contributed by atoms with E-state index in [-0.39, 0.29) is 35.6 Å². The van der Waals surface area contributed by atoms with Gasteiger partial charge in [-0.15, -0.1) is 0 Å². The fourth-order valence-corrected chi connectivity index (χ4v) is 3.40. The zero-order valence-corrected chi connectivity index (χ0v) is 16.7. The highest BCUT2D eigenvalue weighted by Crippen LogP contribution is 2.14. The van der Waals surface area contributed by atoms with E-state index in [0.29, 0.717) is 28.1 Å². The van der Waals surface area contributed by atoms with Gasteiger partial charge in [-0.25, -0.2) is 9.67 Å². The Hall–Kier alpha value is -3.94. The number of nitrogens with zero attached hydrogens (tertiary/aromatic N) is 3. The summed E-state index contributed by atoms with van der Waals surface area (Å²) in [5, 5.41) is 3.23. The molecule has 0 aliphatic carbocycles. The van der Waals surface area contributed by atoms with Crippen LogP contribution in [0.4, 0.5) is 5.69 Å². The lowest BCUT2D eigenvalue weighted by Gasteiger charge is -2.07. The summed E-state index contributed by atoms with van der Waals surface area (Å²) >= 11 is 0. The molecule has 0 atom stereocenters. The van der Waals surface area contributed by atoms with E-state index in [2.05, 4.69) is 15.3 Å². The molecular formula is C22H21N5O3. The Bertz CT molecular complexity index is 1350. The minimum atomic E-state index is -0.322. The van der Waals surface area contributed by atoms with E-state index in [1.807, 2.05) is 30.3 Å². The molecule has 0 spiro atoms. The van der Waals surface area contributed by atoms with E-state index >= 15 is 0 Å². The van der Waals surface area contributed by atoms with Crippen LogP contribution in [0.1, 0.15) is 17.9 Å². The maximum absolute atomic E-state index is 12.9. The van der Waals surface area contributed by atoms with Crippen LogP contribution in [0.2, 0.25) is 0 Å². The van der Waals surface area contributed by atoms with Crippen LogP contribution in [0.5, 0.6) is 0 Å². The molecule has 0 aliphatic rings. The Balaban J connectivity index is 1.53. The SMILES string of the molecule is Cc1c(NC(=O)CCc2nc3ccccc3c(=O)[nH]2)c(=O)n(-c2ccccc2)n1C. The maximum Gasteiger partial charge on any atom is 0.295 e. The van der Waals surface area contributed by atoms with Gasteiger partial charge in [0.25, 0.3) is 11.1 Å². The largest absolute Gasteiger partial charge is 0.320 e. The van der Waals surface area contributed by atoms with Crippen molar-refractivity contribution in [1.82, 2.24) is 19.3 Å². The molecule has 8 heteroatoms. The first-order valence-corrected chi connectivity index (χ1v) is 9.57. The van der Waals surface area contributed by atoms with Gasteiger partial charge in [-0.05, 0) is 31.2 Å². The minimum Gasteiger partial charge on any atom is -0.320 e. The Morgan fingerprint density at radius 1 is 1.07 bits per heavy atom. The van der Waals surface area contributed by atoms with Gasteiger partial charge >= 0.3 is 0 Å². The number of amides is 1. The lowest BCUT2D eigenvalue weighted by atomic mass is 10.2. The Morgan fingerprint density at radius 3 is 2.53 bits per heavy atom. The summed E-state index contributed by atoms with van der Waals surface area (Å²) in [4.78, 5) is 44.7. The van der Waals surface area contributed by atoms with Gasteiger partial charge in [0.2, 0.25) is 5.91 Å². The van der Waals surface area contributed by atoms with Gasteiger partial charge in [-0.3, -0.25) is 19.1 Å². The number of hydrogen-bond donors (Lipinski definition) is 2. The predicted molar refractivity (Wildman–Crippen MR) is 115 cm³/mol. The number of benzene rings is 2. The molecule has 2 N–H and O–H groups in total. The predicted octanol–water partition coefficient (Wildman–Crippen LogP) is 2.29. The highest BCUT2D eigenvalue weighted by atomic mass is 16.2. The number of fused-ring (bicyclic) bond motifs is 1. The van der Waals surface area contributed by atoms with Crippen LogP contribution in [-0.2, 0) is 18.3 Å². The molecule has 0 radical (unpaired) electrons. The lowest BCUT2D eigenvalue weighted by molar-refractivity contribution is -0.116. The molecule has 2 aromatic carbocycles. The Labute approximate surface area is 171 Å². The third-order valence-corrected chi connectivity index (χ3v) is 5.07. The van der Waals surface area contributed by atoms with Gasteiger partial charge in [0.1, 0.15) is 11.5 Å². The molecule has 0 aliphatic heterocycles. The third kappa shape index (κ3) is 3.55. The minimum absolute atomic E-state index is 0.0837. The quantitative estimate of drug-likeness (QED) is 0.534. The van der Waals surface area contributed by atoms with E-state index in [1.165, 1.54) is 4.68 Å². The number of carbonyl (C=O) groups is 1. The molecule has 4 aromatic rings. The Morgan fingerprint density at radius 2 is 1.77 bits per heavy atom. The second-order valence-electron chi connectivity index (χ2n) is 7.01. The molecule has 0 saturated carbocycles. The standard InChI is InChI=1S/C22H21N5O3/c1-14-20(22(30)27(26(14)2)15-8-4-3-5-9-15)25-19(28)13-12-18-23-17-11-7-6-10-16(17)21(29)24-18/h3-11H,12-13H2,1-2H3,(H,25,28)(H,23,24,29). The van der Waals surface area contributed by atoms with Crippen LogP contribution in [0.3, 0.4) is 0 Å². The average Bonchev–Trinajstić information content (AvgIpc) is 2.96. The van der Waals surface area contributed by atoms with E-state index in [1.54, 1.807) is 42.9 Å². The summed E-state index contributed by atoms with van der Waals surface area (Å²) in [5.74, 6) is 0.108. The number of rotatable bonds is 5. The van der Waals surface area contributed by atoms with Crippen molar-refractivity contribution in [2.24, 2.45) is 7.05 Å². The number of H-pyrrole nitrogens is 1. The lowest BCUT2D eigenvalue weighted by Crippen LogP contribution is -2.23. The molecule has 0 saturated heterocycles. The van der Waals surface area contributed by atoms with Crippen molar-refractivity contribution in [3.05, 3.63) is 86.8 Å². The highest BCUT2D eigenvalue weighted by molar-refractivity contribution is 5.91. The summed E-state index contributed by atoms with van der Waals surface area (Å²) in [6, 6.07) is 16.3. The van der Waals surface area contributed by atoms with Crippen molar-refractivity contribution in [1.29, 1.82) is 0 Å². The first-order valence-electron chi connectivity index (χ1n) is 9.57. The average molecular weight is 403 g/mol. The monoisotopic (exact) mass is 403 g/mol. The van der Waals surface area contributed by atoms with Crippen molar-refractivity contribution in [3.8, 4) is 5.69 Å². The Kier molecular flexibility index (Phi) is 5.05. The van der Waals surface area contributed by atoms with Gasteiger partial charge in [-0.2, -0.15) is 0 Å². The number of aromatic nitrogens is 4. The second kappa shape index (κ2) is 7.82. The van der Waals surface area contributed by atoms with E-state index in [0.717, 1.165) is 0 Å². The van der Waals surface area contributed by atoms with Crippen LogP contribution in [-0.4, -0.2) is 25.2 Å². The van der Waals surface area contributed by atoms with Crippen molar-refractivity contribution in [2.75, 3.05) is 5.32 Å². The summed E-state index contributed by atoms with van der Waals surface area (Å²) < 4.78 is 3.21. The molecule has 0 fully saturated rings. The molecule has 152 valence electrons. The molecular weight excluding hydrogens is 382 g/mol. The normalized spacial score (nSPS) is 11.0. The molecule has 2 heterocycles. The summed E-state index contributed by atoms with van der Waals surface area (Å²) in [7, 11) is 1.77. The fraction of sp³-hybridized carbons (Fsp3) is 0.182. The molecule has 2 aromatic heterocycles. The zero-order valence-electron chi connectivity index (χ0n) is 16.7. The van der Waals surface area contributed by atoms with Crippen LogP contribution in [0.15, 0.2) is 64.2 Å². The first-order chi connectivity index (χ1) is 14.5. The van der Waals surface area contributed by atoms with Gasteiger partial charge in [0, 0.05) is 19.9 Å². The molecule has 0 bridgehead atoms. The molecule has 0 unspecified atom stereocenters. The van der Waals surface area contributed by atoms with Crippen LogP contribution in [0.25, 0.3) is 16.6 Å². The summed E-state index contributed by atoms with van der Waals surface area (Å²) in [6.45, 7) is 1.78. The van der Waals surface area contributed by atoms with Crippen molar-refractivity contribution >= 4 is 22.5 Å². The van der Waals surface area contributed by atoms with Crippen molar-refractivity contribution in [3.63, 3.8) is 0 Å². The van der Waals surface area contributed by atoms with E-state index < -0.39 is 0 Å². The van der Waals surface area contributed by atoms with Crippen molar-refractivity contribution < 1.29 is 4.79 Å². The molecule has 1 amide bonds. The first kappa shape index (κ1) is 19.4. The zero-order chi connectivity index (χ0) is 21.3. The summed E-state index contributed by atoms with van der Waals surface area (Å²) in [5.41, 5.74) is 1.65. The van der Waals surface area contributed by atoms with Crippen LogP contribution < -0.4 is 16.4 Å². The van der Waals surface area contributed by atoms with Gasteiger partial charge in [-0.1, -0.05) is 30.3 Å². The summed E-state index contributed by atoms with van der Waals surface area (Å²) in [6.07, 6.45) is 0.338. The number of aromatic amines is 1. The number of carbonyl (C=O) groups excluding carboxylic acids is 1. The van der Waals surface area contributed by atoms with Gasteiger partial charge in [0.15, 0.2) is 0 Å². The van der Waals surface area contributed by atoms with Gasteiger partial charge < -0.3 is 10.3 Å². The topological polar surface area (TPSA) is 102 Å². The molecule has 30 heavy (non-hydrogen) atoms. The fourth-order valence-electron chi connectivity index (χ4n) is 3.40. The van der Waals surface area contributed by atoms with E-state index in [9.17, 15) is 14.4 Å². The highest BCUT2D eigenvalue weighted by Gasteiger charge is 2.18. The van der Waals surface area contributed by atoms with Crippen molar-refractivity contribution in [2.45, 2.75) is 19.8 Å². The number of anilines is 1. The van der Waals surface area contributed by atoms with Crippen LogP contribution >= 0.6 is 0 Å². The number of nitrogens with one attached hydrogen (secondary N) is 2. The molecule has 4 rings (SSSR count). The smallest absolute Gasteiger partial charge is 0.295 e.